The van der Waals surface area contributed by atoms with Crippen molar-refractivity contribution >= 4 is 5.91 Å². The van der Waals surface area contributed by atoms with E-state index in [0.717, 1.165) is 12.1 Å². The van der Waals surface area contributed by atoms with Crippen molar-refractivity contribution in [1.29, 1.82) is 0 Å². The number of aliphatic hydroxyl groups excluding tert-OH is 1. The molecule has 0 unspecified atom stereocenters. The van der Waals surface area contributed by atoms with E-state index >= 15 is 0 Å². The Bertz CT molecular complexity index is 1080. The van der Waals surface area contributed by atoms with Gasteiger partial charge in [0.15, 0.2) is 0 Å². The van der Waals surface area contributed by atoms with E-state index in [2.05, 4.69) is 15.3 Å². The monoisotopic (exact) mass is 410 g/mol. The zero-order valence-electron chi connectivity index (χ0n) is 16.8. The van der Waals surface area contributed by atoms with Crippen LogP contribution in [0, 0.1) is 5.82 Å². The van der Waals surface area contributed by atoms with Gasteiger partial charge in [-0.15, -0.1) is 0 Å². The van der Waals surface area contributed by atoms with Gasteiger partial charge in [0.2, 0.25) is 0 Å². The molecule has 2 aromatic carbocycles. The van der Waals surface area contributed by atoms with Gasteiger partial charge in [-0.3, -0.25) is 9.59 Å². The van der Waals surface area contributed by atoms with E-state index in [0.29, 0.717) is 11.1 Å². The fraction of sp³-hybridized carbons (Fsp3) is 0.227. The van der Waals surface area contributed by atoms with Crippen LogP contribution in [0.1, 0.15) is 27.2 Å². The normalized spacial score (nSPS) is 11.0. The van der Waals surface area contributed by atoms with Gasteiger partial charge in [0.1, 0.15) is 17.3 Å². The lowest BCUT2D eigenvalue weighted by Gasteiger charge is -2.11. The first-order chi connectivity index (χ1) is 14.4. The number of carbonyl (C=O) groups excluding carboxylic acids is 1. The highest BCUT2D eigenvalue weighted by atomic mass is 19.1. The number of rotatable bonds is 7. The molecular weight excluding hydrogens is 387 g/mol. The second-order valence-corrected chi connectivity index (χ2v) is 7.14. The van der Waals surface area contributed by atoms with Crippen LogP contribution in [-0.2, 0) is 19.7 Å². The van der Waals surface area contributed by atoms with Crippen molar-refractivity contribution in [1.82, 2.24) is 20.2 Å². The standard InChI is InChI=1S/C22H23FN4O3/c1-27(2)12-15-3-7-16(8-4-15)20-25-19(18(13-28)21(29)26-20)22(30)24-11-14-5-9-17(23)10-6-14/h3-10,28H,11-13H2,1-2H3,(H,24,30)(H,25,26,29). The molecule has 3 rings (SSSR count). The molecule has 0 atom stereocenters. The minimum absolute atomic E-state index is 0.111. The Morgan fingerprint density at radius 3 is 2.33 bits per heavy atom. The van der Waals surface area contributed by atoms with E-state index in [-0.39, 0.29) is 29.4 Å². The van der Waals surface area contributed by atoms with E-state index in [1.807, 2.05) is 43.3 Å². The summed E-state index contributed by atoms with van der Waals surface area (Å²) in [7, 11) is 3.94. The van der Waals surface area contributed by atoms with Crippen molar-refractivity contribution in [2.45, 2.75) is 19.7 Å². The zero-order valence-corrected chi connectivity index (χ0v) is 16.8. The largest absolute Gasteiger partial charge is 0.391 e. The number of halogens is 1. The maximum Gasteiger partial charge on any atom is 0.270 e. The summed E-state index contributed by atoms with van der Waals surface area (Å²) < 4.78 is 13.0. The molecule has 0 aliphatic rings. The van der Waals surface area contributed by atoms with Crippen molar-refractivity contribution in [2.75, 3.05) is 14.1 Å². The molecule has 0 saturated heterocycles. The molecule has 3 aromatic rings. The van der Waals surface area contributed by atoms with Crippen LogP contribution in [0.5, 0.6) is 0 Å². The fourth-order valence-corrected chi connectivity index (χ4v) is 2.97. The van der Waals surface area contributed by atoms with Crippen LogP contribution in [-0.4, -0.2) is 40.0 Å². The van der Waals surface area contributed by atoms with Gasteiger partial charge in [-0.2, -0.15) is 0 Å². The predicted molar refractivity (Wildman–Crippen MR) is 111 cm³/mol. The molecule has 3 N–H and O–H groups in total. The van der Waals surface area contributed by atoms with Crippen molar-refractivity contribution in [3.8, 4) is 11.4 Å². The smallest absolute Gasteiger partial charge is 0.270 e. The van der Waals surface area contributed by atoms with Crippen LogP contribution in [0.15, 0.2) is 53.3 Å². The average Bonchev–Trinajstić information content (AvgIpc) is 2.72. The second kappa shape index (κ2) is 9.43. The summed E-state index contributed by atoms with van der Waals surface area (Å²) >= 11 is 0. The van der Waals surface area contributed by atoms with Gasteiger partial charge in [0, 0.05) is 18.7 Å². The first kappa shape index (κ1) is 21.4. The molecule has 1 aromatic heterocycles. The molecule has 0 saturated carbocycles. The van der Waals surface area contributed by atoms with E-state index in [1.165, 1.54) is 12.1 Å². The highest BCUT2D eigenvalue weighted by molar-refractivity contribution is 5.94. The number of amides is 1. The Hall–Kier alpha value is -3.36. The SMILES string of the molecule is CN(C)Cc1ccc(-c2nc(C(=O)NCc3ccc(F)cc3)c(CO)c(=O)[nH]2)cc1. The molecule has 1 heterocycles. The van der Waals surface area contributed by atoms with Gasteiger partial charge in [0.05, 0.1) is 12.2 Å². The number of hydrogen-bond acceptors (Lipinski definition) is 5. The van der Waals surface area contributed by atoms with Gasteiger partial charge in [-0.1, -0.05) is 36.4 Å². The summed E-state index contributed by atoms with van der Waals surface area (Å²) in [6, 6.07) is 13.2. The lowest BCUT2D eigenvalue weighted by molar-refractivity contribution is 0.0942. The first-order valence-corrected chi connectivity index (χ1v) is 9.38. The van der Waals surface area contributed by atoms with Crippen LogP contribution in [0.4, 0.5) is 4.39 Å². The molecule has 8 heteroatoms. The first-order valence-electron chi connectivity index (χ1n) is 9.38. The number of nitrogens with one attached hydrogen (secondary N) is 2. The number of aliphatic hydroxyl groups is 1. The van der Waals surface area contributed by atoms with Gasteiger partial charge in [-0.05, 0) is 37.4 Å². The molecule has 1 amide bonds. The molecule has 156 valence electrons. The van der Waals surface area contributed by atoms with Gasteiger partial charge in [-0.25, -0.2) is 9.37 Å². The Morgan fingerprint density at radius 2 is 1.73 bits per heavy atom. The quantitative estimate of drug-likeness (QED) is 0.554. The van der Waals surface area contributed by atoms with Gasteiger partial charge < -0.3 is 20.3 Å². The molecule has 7 nitrogen and oxygen atoms in total. The molecule has 0 fully saturated rings. The Labute approximate surface area is 173 Å². The summed E-state index contributed by atoms with van der Waals surface area (Å²) in [6.07, 6.45) is 0. The Kier molecular flexibility index (Phi) is 6.71. The fourth-order valence-electron chi connectivity index (χ4n) is 2.97. The number of H-pyrrole nitrogens is 1. The maximum atomic E-state index is 13.0. The van der Waals surface area contributed by atoms with Crippen molar-refractivity contribution < 1.29 is 14.3 Å². The molecule has 0 spiro atoms. The topological polar surface area (TPSA) is 98.3 Å². The number of benzene rings is 2. The lowest BCUT2D eigenvalue weighted by Crippen LogP contribution is -2.29. The zero-order chi connectivity index (χ0) is 21.7. The number of aromatic amines is 1. The van der Waals surface area contributed by atoms with Crippen molar-refractivity contribution in [3.05, 3.63) is 87.1 Å². The van der Waals surface area contributed by atoms with E-state index in [9.17, 15) is 19.1 Å². The Balaban J connectivity index is 1.86. The van der Waals surface area contributed by atoms with Crippen molar-refractivity contribution in [3.63, 3.8) is 0 Å². The summed E-state index contributed by atoms with van der Waals surface area (Å²) in [6.45, 7) is 0.279. The van der Waals surface area contributed by atoms with Crippen LogP contribution in [0.3, 0.4) is 0 Å². The summed E-state index contributed by atoms with van der Waals surface area (Å²) in [5.74, 6) is -0.731. The minimum atomic E-state index is -0.621. The van der Waals surface area contributed by atoms with Crippen LogP contribution < -0.4 is 10.9 Å². The summed E-state index contributed by atoms with van der Waals surface area (Å²) in [4.78, 5) is 34.0. The van der Waals surface area contributed by atoms with Crippen LogP contribution in [0.2, 0.25) is 0 Å². The third kappa shape index (κ3) is 5.16. The third-order valence-corrected chi connectivity index (χ3v) is 4.48. The molecule has 0 radical (unpaired) electrons. The van der Waals surface area contributed by atoms with E-state index < -0.39 is 18.1 Å². The molecular formula is C22H23FN4O3. The maximum absolute atomic E-state index is 13.0. The summed E-state index contributed by atoms with van der Waals surface area (Å²) in [5, 5.41) is 12.2. The highest BCUT2D eigenvalue weighted by Crippen LogP contribution is 2.17. The van der Waals surface area contributed by atoms with E-state index in [4.69, 9.17) is 0 Å². The van der Waals surface area contributed by atoms with Gasteiger partial charge >= 0.3 is 0 Å². The van der Waals surface area contributed by atoms with E-state index in [1.54, 1.807) is 12.1 Å². The lowest BCUT2D eigenvalue weighted by atomic mass is 10.1. The second-order valence-electron chi connectivity index (χ2n) is 7.14. The van der Waals surface area contributed by atoms with Crippen LogP contribution >= 0.6 is 0 Å². The summed E-state index contributed by atoms with van der Waals surface area (Å²) in [5.41, 5.74) is 1.60. The molecule has 0 aliphatic carbocycles. The highest BCUT2D eigenvalue weighted by Gasteiger charge is 2.18. The number of carbonyl (C=O) groups is 1. The molecule has 0 bridgehead atoms. The Morgan fingerprint density at radius 1 is 1.10 bits per heavy atom. The average molecular weight is 410 g/mol. The molecule has 30 heavy (non-hydrogen) atoms. The number of nitrogens with zero attached hydrogens (tertiary/aromatic N) is 2. The van der Waals surface area contributed by atoms with Crippen LogP contribution in [0.25, 0.3) is 11.4 Å². The minimum Gasteiger partial charge on any atom is -0.391 e. The predicted octanol–water partition coefficient (Wildman–Crippen LogP) is 2.06. The number of aromatic nitrogens is 2. The number of hydrogen-bond donors (Lipinski definition) is 3. The third-order valence-electron chi connectivity index (χ3n) is 4.48. The van der Waals surface area contributed by atoms with Gasteiger partial charge in [0.25, 0.3) is 11.5 Å². The molecule has 0 aliphatic heterocycles. The van der Waals surface area contributed by atoms with Crippen molar-refractivity contribution in [2.24, 2.45) is 0 Å².